The van der Waals surface area contributed by atoms with Crippen LogP contribution in [0.5, 0.6) is 0 Å². The smallest absolute Gasteiger partial charge is 0.226 e. The highest BCUT2D eigenvalue weighted by atomic mass is 35.5. The van der Waals surface area contributed by atoms with Gasteiger partial charge in [-0.15, -0.1) is 0 Å². The summed E-state index contributed by atoms with van der Waals surface area (Å²) in [5, 5.41) is 3.88. The number of Topliss-reactive ketones (excluding diaryl/α,β-unsaturated/α-hetero) is 1. The second kappa shape index (κ2) is 10.9. The summed E-state index contributed by atoms with van der Waals surface area (Å²) in [4.78, 5) is 30.5. The number of benzene rings is 2. The zero-order valence-corrected chi connectivity index (χ0v) is 22.1. The first-order chi connectivity index (χ1) is 17.4. The molecule has 1 amide bonds. The van der Waals surface area contributed by atoms with Crippen LogP contribution < -0.4 is 5.32 Å². The fourth-order valence-corrected chi connectivity index (χ4v) is 6.37. The average Bonchev–Trinajstić information content (AvgIpc) is 3.53. The quantitative estimate of drug-likeness (QED) is 0.377. The largest absolute Gasteiger partial charge is 0.352 e. The number of fused-ring (bicyclic) bond motifs is 1. The van der Waals surface area contributed by atoms with Crippen molar-refractivity contribution in [2.45, 2.75) is 90.5 Å². The van der Waals surface area contributed by atoms with E-state index >= 15 is 0 Å². The lowest BCUT2D eigenvalue weighted by molar-refractivity contribution is -0.132. The van der Waals surface area contributed by atoms with Gasteiger partial charge in [0.1, 0.15) is 0 Å². The Kier molecular flexibility index (Phi) is 7.62. The van der Waals surface area contributed by atoms with E-state index in [1.54, 1.807) is 0 Å². The van der Waals surface area contributed by atoms with Crippen molar-refractivity contribution in [2.75, 3.05) is 0 Å². The molecule has 0 atom stereocenters. The van der Waals surface area contributed by atoms with Gasteiger partial charge in [0.2, 0.25) is 5.91 Å². The van der Waals surface area contributed by atoms with Crippen LogP contribution in [0.25, 0.3) is 0 Å². The van der Waals surface area contributed by atoms with E-state index in [1.807, 2.05) is 30.3 Å². The number of hydrogen-bond donors (Lipinski definition) is 1. The molecular formula is C31H37ClN2O2. The molecule has 2 aromatic carbocycles. The highest BCUT2D eigenvalue weighted by Crippen LogP contribution is 2.36. The Labute approximate surface area is 219 Å². The average molecular weight is 505 g/mol. The molecule has 1 heterocycles. The molecule has 3 aliphatic rings. The predicted octanol–water partition coefficient (Wildman–Crippen LogP) is 7.56. The number of rotatable bonds is 8. The number of carbonyl (C=O) groups excluding carboxylic acids is 2. The molecule has 0 unspecified atom stereocenters. The van der Waals surface area contributed by atoms with Crippen molar-refractivity contribution in [2.24, 2.45) is 16.3 Å². The molecule has 2 fully saturated rings. The summed E-state index contributed by atoms with van der Waals surface area (Å²) in [7, 11) is 0. The Morgan fingerprint density at radius 2 is 1.81 bits per heavy atom. The number of ketones is 1. The minimum atomic E-state index is -0.241. The van der Waals surface area contributed by atoms with Crippen LogP contribution >= 0.6 is 11.6 Å². The van der Waals surface area contributed by atoms with E-state index < -0.39 is 0 Å². The maximum Gasteiger partial charge on any atom is 0.226 e. The van der Waals surface area contributed by atoms with Gasteiger partial charge in [-0.1, -0.05) is 75.6 Å². The molecule has 5 rings (SSSR count). The first kappa shape index (κ1) is 25.2. The Balaban J connectivity index is 1.20. The number of nitrogens with one attached hydrogen (secondary N) is 1. The Bertz CT molecular complexity index is 1170. The summed E-state index contributed by atoms with van der Waals surface area (Å²) in [6, 6.07) is 12.0. The molecule has 4 nitrogen and oxygen atoms in total. The molecule has 1 N–H and O–H groups in total. The summed E-state index contributed by atoms with van der Waals surface area (Å²) in [5.74, 6) is 0.980. The molecule has 2 saturated carbocycles. The third kappa shape index (κ3) is 5.75. The molecule has 1 aliphatic heterocycles. The van der Waals surface area contributed by atoms with Crippen molar-refractivity contribution in [3.8, 4) is 0 Å². The van der Waals surface area contributed by atoms with Gasteiger partial charge in [-0.25, -0.2) is 0 Å². The van der Waals surface area contributed by atoms with Crippen molar-refractivity contribution >= 4 is 34.7 Å². The van der Waals surface area contributed by atoms with Gasteiger partial charge in [0.15, 0.2) is 5.78 Å². The van der Waals surface area contributed by atoms with Crippen LogP contribution in [0, 0.1) is 11.3 Å². The highest BCUT2D eigenvalue weighted by molar-refractivity contribution is 6.31. The fraction of sp³-hybridized carbons (Fsp3) is 0.516. The topological polar surface area (TPSA) is 58.5 Å². The van der Waals surface area contributed by atoms with E-state index in [4.69, 9.17) is 16.6 Å². The minimum Gasteiger partial charge on any atom is -0.352 e. The molecule has 0 aromatic heterocycles. The van der Waals surface area contributed by atoms with Crippen LogP contribution in [0.4, 0.5) is 5.69 Å². The first-order valence-electron chi connectivity index (χ1n) is 13.7. The lowest BCUT2D eigenvalue weighted by Gasteiger charge is -2.32. The number of aliphatic imine (C=N–C) groups is 1. The second-order valence-electron chi connectivity index (χ2n) is 11.4. The number of nitrogens with zero attached hydrogens (tertiary/aromatic N) is 1. The van der Waals surface area contributed by atoms with Crippen molar-refractivity contribution in [1.82, 2.24) is 5.32 Å². The summed E-state index contributed by atoms with van der Waals surface area (Å²) >= 11 is 6.55. The van der Waals surface area contributed by atoms with Gasteiger partial charge in [0.05, 0.1) is 5.69 Å². The van der Waals surface area contributed by atoms with Gasteiger partial charge in [0.25, 0.3) is 0 Å². The Morgan fingerprint density at radius 3 is 2.58 bits per heavy atom. The normalized spacial score (nSPS) is 19.1. The molecule has 190 valence electrons. The van der Waals surface area contributed by atoms with Gasteiger partial charge < -0.3 is 5.32 Å². The zero-order chi connectivity index (χ0) is 25.1. The van der Waals surface area contributed by atoms with Gasteiger partial charge in [0, 0.05) is 47.5 Å². The SMILES string of the molecule is CC1(C(=O)NCc2ccc(Cl)c(CC3=Nc4ccc(C(=O)CC5CCCC5)cc4C3)c2)CCCCC1. The molecule has 0 bridgehead atoms. The van der Waals surface area contributed by atoms with Crippen molar-refractivity contribution in [3.05, 3.63) is 63.7 Å². The van der Waals surface area contributed by atoms with E-state index in [-0.39, 0.29) is 17.1 Å². The summed E-state index contributed by atoms with van der Waals surface area (Å²) in [5.41, 5.74) is 5.80. The van der Waals surface area contributed by atoms with E-state index in [2.05, 4.69) is 18.3 Å². The molecule has 36 heavy (non-hydrogen) atoms. The van der Waals surface area contributed by atoms with Gasteiger partial charge >= 0.3 is 0 Å². The maximum absolute atomic E-state index is 12.8. The molecule has 2 aliphatic carbocycles. The zero-order valence-electron chi connectivity index (χ0n) is 21.4. The third-order valence-corrected chi connectivity index (χ3v) is 8.86. The van der Waals surface area contributed by atoms with Crippen LogP contribution in [0.2, 0.25) is 5.02 Å². The second-order valence-corrected chi connectivity index (χ2v) is 11.8. The van der Waals surface area contributed by atoms with Crippen LogP contribution in [-0.4, -0.2) is 17.4 Å². The van der Waals surface area contributed by atoms with Gasteiger partial charge in [-0.3, -0.25) is 14.6 Å². The van der Waals surface area contributed by atoms with E-state index in [0.29, 0.717) is 25.3 Å². The van der Waals surface area contributed by atoms with Crippen LogP contribution in [-0.2, 0) is 24.2 Å². The number of carbonyl (C=O) groups is 2. The van der Waals surface area contributed by atoms with E-state index in [9.17, 15) is 9.59 Å². The summed E-state index contributed by atoms with van der Waals surface area (Å²) in [6.07, 6.45) is 12.4. The third-order valence-electron chi connectivity index (χ3n) is 8.49. The maximum atomic E-state index is 12.8. The van der Waals surface area contributed by atoms with Crippen LogP contribution in [0.3, 0.4) is 0 Å². The van der Waals surface area contributed by atoms with Crippen LogP contribution in [0.15, 0.2) is 41.4 Å². The first-order valence-corrected chi connectivity index (χ1v) is 14.1. The molecule has 0 radical (unpaired) electrons. The Morgan fingerprint density at radius 1 is 1.03 bits per heavy atom. The van der Waals surface area contributed by atoms with Crippen molar-refractivity contribution in [1.29, 1.82) is 0 Å². The number of halogens is 1. The van der Waals surface area contributed by atoms with E-state index in [1.165, 1.54) is 32.1 Å². The molecule has 5 heteroatoms. The highest BCUT2D eigenvalue weighted by Gasteiger charge is 2.34. The van der Waals surface area contributed by atoms with Gasteiger partial charge in [-0.05, 0) is 59.7 Å². The summed E-state index contributed by atoms with van der Waals surface area (Å²) < 4.78 is 0. The number of hydrogen-bond acceptors (Lipinski definition) is 3. The molecule has 0 spiro atoms. The Hall–Kier alpha value is -2.46. The minimum absolute atomic E-state index is 0.160. The summed E-state index contributed by atoms with van der Waals surface area (Å²) in [6.45, 7) is 2.61. The molecule has 0 saturated heterocycles. The van der Waals surface area contributed by atoms with Crippen molar-refractivity contribution in [3.63, 3.8) is 0 Å². The van der Waals surface area contributed by atoms with Crippen LogP contribution in [0.1, 0.15) is 98.2 Å². The molecular weight excluding hydrogens is 468 g/mol. The lowest BCUT2D eigenvalue weighted by atomic mass is 9.75. The lowest BCUT2D eigenvalue weighted by Crippen LogP contribution is -2.39. The molecule has 2 aromatic rings. The standard InChI is InChI=1S/C31H37ClN2O2/c1-31(13-5-2-6-14-31)30(36)33-20-22-9-11-27(32)24(15-22)18-26-19-25-17-23(10-12-28(25)34-26)29(35)16-21-7-3-4-8-21/h9-12,15,17,21H,2-8,13-14,16,18-20H2,1H3,(H,33,36). The monoisotopic (exact) mass is 504 g/mol. The van der Waals surface area contributed by atoms with Gasteiger partial charge in [-0.2, -0.15) is 0 Å². The number of amides is 1. The van der Waals surface area contributed by atoms with Crippen molar-refractivity contribution < 1.29 is 9.59 Å². The fourth-order valence-electron chi connectivity index (χ4n) is 6.18. The van der Waals surface area contributed by atoms with E-state index in [0.717, 1.165) is 70.8 Å². The predicted molar refractivity (Wildman–Crippen MR) is 146 cm³/mol.